The molecule has 0 unspecified atom stereocenters. The Morgan fingerprint density at radius 1 is 1.11 bits per heavy atom. The molecule has 3 N–H and O–H groups in total. The normalized spacial score (nSPS) is 16.5. The lowest BCUT2D eigenvalue weighted by atomic mass is 9.74. The van der Waals surface area contributed by atoms with Crippen LogP contribution in [0, 0.1) is 0 Å². The molecule has 150 valence electrons. The van der Waals surface area contributed by atoms with E-state index in [1.807, 2.05) is 25.1 Å². The second kappa shape index (κ2) is 10.1. The molecule has 0 bridgehead atoms. The number of nitrogens with two attached hydrogens (primary N) is 1. The van der Waals surface area contributed by atoms with Crippen LogP contribution in [0.2, 0.25) is 0 Å². The summed E-state index contributed by atoms with van der Waals surface area (Å²) in [6.07, 6.45) is 2.82. The quantitative estimate of drug-likeness (QED) is 0.544. The maximum absolute atomic E-state index is 6.14. The fourth-order valence-electron chi connectivity index (χ4n) is 3.64. The number of nitrogens with zero attached hydrogens (tertiary/aromatic N) is 1. The van der Waals surface area contributed by atoms with Crippen molar-refractivity contribution in [2.24, 2.45) is 10.7 Å². The third-order valence-corrected chi connectivity index (χ3v) is 5.34. The molecule has 28 heavy (non-hydrogen) atoms. The molecule has 0 spiro atoms. The van der Waals surface area contributed by atoms with E-state index in [2.05, 4.69) is 46.7 Å². The van der Waals surface area contributed by atoms with Gasteiger partial charge in [-0.05, 0) is 49.4 Å². The van der Waals surface area contributed by atoms with Crippen molar-refractivity contribution in [1.82, 2.24) is 5.32 Å². The van der Waals surface area contributed by atoms with Gasteiger partial charge in [-0.25, -0.2) is 0 Å². The Bertz CT molecular complexity index is 738. The van der Waals surface area contributed by atoms with Crippen LogP contribution < -0.4 is 15.8 Å². The number of benzene rings is 2. The Kier molecular flexibility index (Phi) is 7.31. The maximum atomic E-state index is 6.14. The Labute approximate surface area is 168 Å². The average molecular weight is 382 g/mol. The van der Waals surface area contributed by atoms with Gasteiger partial charge in [0.05, 0.1) is 13.2 Å². The number of nitrogens with one attached hydrogen (secondary N) is 1. The zero-order valence-corrected chi connectivity index (χ0v) is 16.7. The highest BCUT2D eigenvalue weighted by atomic mass is 16.5. The van der Waals surface area contributed by atoms with E-state index in [0.717, 1.165) is 44.8 Å². The summed E-state index contributed by atoms with van der Waals surface area (Å²) in [5, 5.41) is 3.24. The second-order valence-corrected chi connectivity index (χ2v) is 7.21. The Balaban J connectivity index is 1.62. The number of rotatable bonds is 8. The fraction of sp³-hybridized carbons (Fsp3) is 0.435. The molecule has 2 aromatic rings. The van der Waals surface area contributed by atoms with E-state index in [9.17, 15) is 0 Å². The number of guanidine groups is 1. The van der Waals surface area contributed by atoms with Crippen LogP contribution in [-0.2, 0) is 16.6 Å². The molecule has 3 rings (SSSR count). The minimum Gasteiger partial charge on any atom is -0.494 e. The van der Waals surface area contributed by atoms with Crippen LogP contribution in [0.3, 0.4) is 0 Å². The molecule has 1 fully saturated rings. The first-order valence-electron chi connectivity index (χ1n) is 10.1. The predicted octanol–water partition coefficient (Wildman–Crippen LogP) is 3.28. The van der Waals surface area contributed by atoms with Crippen molar-refractivity contribution >= 4 is 5.96 Å². The van der Waals surface area contributed by atoms with Gasteiger partial charge in [-0.1, -0.05) is 42.5 Å². The van der Waals surface area contributed by atoms with Gasteiger partial charge in [-0.15, -0.1) is 0 Å². The van der Waals surface area contributed by atoms with Crippen LogP contribution in [0.4, 0.5) is 0 Å². The van der Waals surface area contributed by atoms with Gasteiger partial charge >= 0.3 is 0 Å². The van der Waals surface area contributed by atoms with Crippen molar-refractivity contribution in [3.8, 4) is 5.75 Å². The van der Waals surface area contributed by atoms with E-state index >= 15 is 0 Å². The molecule has 0 aliphatic carbocycles. The summed E-state index contributed by atoms with van der Waals surface area (Å²) < 4.78 is 11.2. The van der Waals surface area contributed by atoms with Gasteiger partial charge in [0.15, 0.2) is 5.96 Å². The summed E-state index contributed by atoms with van der Waals surface area (Å²) in [6.45, 7) is 5.62. The van der Waals surface area contributed by atoms with Gasteiger partial charge < -0.3 is 20.5 Å². The van der Waals surface area contributed by atoms with Crippen LogP contribution in [0.15, 0.2) is 59.6 Å². The van der Waals surface area contributed by atoms with Crippen LogP contribution >= 0.6 is 0 Å². The summed E-state index contributed by atoms with van der Waals surface area (Å²) in [7, 11) is 0. The highest BCUT2D eigenvalue weighted by Gasteiger charge is 2.34. The van der Waals surface area contributed by atoms with Crippen molar-refractivity contribution in [3.05, 3.63) is 65.7 Å². The zero-order chi connectivity index (χ0) is 19.7. The standard InChI is InChI=1S/C23H31N3O2/c1-2-28-21-10-8-20(9-11-21)23(13-16-27-17-14-23)18-26-22(24)25-15-12-19-6-4-3-5-7-19/h3-11H,2,12-18H2,1H3,(H3,24,25,26). The first-order chi connectivity index (χ1) is 13.7. The molecular formula is C23H31N3O2. The van der Waals surface area contributed by atoms with Gasteiger partial charge in [-0.3, -0.25) is 4.99 Å². The molecule has 0 amide bonds. The van der Waals surface area contributed by atoms with Gasteiger partial charge in [0.1, 0.15) is 5.75 Å². The summed E-state index contributed by atoms with van der Waals surface area (Å²) >= 11 is 0. The Morgan fingerprint density at radius 2 is 1.82 bits per heavy atom. The largest absolute Gasteiger partial charge is 0.494 e. The molecule has 1 heterocycles. The minimum atomic E-state index is -0.0330. The van der Waals surface area contributed by atoms with Crippen molar-refractivity contribution in [2.45, 2.75) is 31.6 Å². The predicted molar refractivity (Wildman–Crippen MR) is 114 cm³/mol. The van der Waals surface area contributed by atoms with Crippen LogP contribution in [0.5, 0.6) is 5.75 Å². The molecule has 5 nitrogen and oxygen atoms in total. The van der Waals surface area contributed by atoms with E-state index in [4.69, 9.17) is 15.2 Å². The summed E-state index contributed by atoms with van der Waals surface area (Å²) in [6, 6.07) is 18.8. The molecule has 0 saturated carbocycles. The summed E-state index contributed by atoms with van der Waals surface area (Å²) in [5.41, 5.74) is 8.68. The van der Waals surface area contributed by atoms with E-state index in [0.29, 0.717) is 19.1 Å². The first kappa shape index (κ1) is 20.2. The lowest BCUT2D eigenvalue weighted by Gasteiger charge is -2.36. The third kappa shape index (κ3) is 5.49. The molecule has 2 aromatic carbocycles. The van der Waals surface area contributed by atoms with E-state index < -0.39 is 0 Å². The summed E-state index contributed by atoms with van der Waals surface area (Å²) in [5.74, 6) is 1.41. The molecule has 1 saturated heterocycles. The van der Waals surface area contributed by atoms with E-state index in [-0.39, 0.29) is 5.41 Å². The van der Waals surface area contributed by atoms with Gasteiger partial charge in [0, 0.05) is 25.2 Å². The highest BCUT2D eigenvalue weighted by molar-refractivity contribution is 5.77. The second-order valence-electron chi connectivity index (χ2n) is 7.21. The maximum Gasteiger partial charge on any atom is 0.188 e. The van der Waals surface area contributed by atoms with Crippen LogP contribution in [0.1, 0.15) is 30.9 Å². The lowest BCUT2D eigenvalue weighted by molar-refractivity contribution is 0.0531. The van der Waals surface area contributed by atoms with Gasteiger partial charge in [0.2, 0.25) is 0 Å². The van der Waals surface area contributed by atoms with Crippen molar-refractivity contribution in [1.29, 1.82) is 0 Å². The van der Waals surface area contributed by atoms with Crippen LogP contribution in [0.25, 0.3) is 0 Å². The molecule has 1 aliphatic rings. The van der Waals surface area contributed by atoms with Crippen LogP contribution in [-0.4, -0.2) is 38.9 Å². The number of aliphatic imine (C=N–C) groups is 1. The molecular weight excluding hydrogens is 350 g/mol. The monoisotopic (exact) mass is 381 g/mol. The molecule has 0 atom stereocenters. The number of hydrogen-bond acceptors (Lipinski definition) is 3. The first-order valence-corrected chi connectivity index (χ1v) is 10.1. The number of ether oxygens (including phenoxy) is 2. The van der Waals surface area contributed by atoms with Crippen molar-refractivity contribution in [3.63, 3.8) is 0 Å². The van der Waals surface area contributed by atoms with Gasteiger partial charge in [-0.2, -0.15) is 0 Å². The molecule has 1 aliphatic heterocycles. The minimum absolute atomic E-state index is 0.0330. The molecule has 0 radical (unpaired) electrons. The average Bonchev–Trinajstić information content (AvgIpc) is 2.74. The Hall–Kier alpha value is -2.53. The molecule has 0 aromatic heterocycles. The van der Waals surface area contributed by atoms with Gasteiger partial charge in [0.25, 0.3) is 0 Å². The Morgan fingerprint density at radius 3 is 2.50 bits per heavy atom. The number of hydrogen-bond donors (Lipinski definition) is 2. The smallest absolute Gasteiger partial charge is 0.188 e. The lowest BCUT2D eigenvalue weighted by Crippen LogP contribution is -2.39. The van der Waals surface area contributed by atoms with E-state index in [1.54, 1.807) is 0 Å². The highest BCUT2D eigenvalue weighted by Crippen LogP contribution is 2.36. The topological polar surface area (TPSA) is 68.9 Å². The fourth-order valence-corrected chi connectivity index (χ4v) is 3.64. The SMILES string of the molecule is CCOc1ccc(C2(CN=C(N)NCCc3ccccc3)CCOCC2)cc1. The molecule has 5 heteroatoms. The third-order valence-electron chi connectivity index (χ3n) is 5.34. The zero-order valence-electron chi connectivity index (χ0n) is 16.7. The summed E-state index contributed by atoms with van der Waals surface area (Å²) in [4.78, 5) is 4.68. The van der Waals surface area contributed by atoms with E-state index in [1.165, 1.54) is 11.1 Å². The van der Waals surface area contributed by atoms with Crippen molar-refractivity contribution < 1.29 is 9.47 Å². The van der Waals surface area contributed by atoms with Crippen molar-refractivity contribution in [2.75, 3.05) is 32.9 Å².